The highest BCUT2D eigenvalue weighted by Gasteiger charge is 2.30. The topological polar surface area (TPSA) is 86.6 Å². The monoisotopic (exact) mass is 323 g/mol. The van der Waals surface area contributed by atoms with Crippen molar-refractivity contribution < 1.29 is 19.8 Å². The Kier molecular flexibility index (Phi) is 6.12. The van der Waals surface area contributed by atoms with Gasteiger partial charge >= 0.3 is 5.97 Å². The zero-order valence-electron chi connectivity index (χ0n) is 10.2. The summed E-state index contributed by atoms with van der Waals surface area (Å²) in [6.45, 7) is 0.822. The first-order valence-electron chi connectivity index (χ1n) is 5.35. The highest BCUT2D eigenvalue weighted by molar-refractivity contribution is 7.99. The quantitative estimate of drug-likeness (QED) is 0.709. The molecular formula is C11H14ClNO4S2. The number of rotatable bonds is 7. The minimum atomic E-state index is -1.94. The van der Waals surface area contributed by atoms with Crippen molar-refractivity contribution in [2.75, 3.05) is 12.3 Å². The van der Waals surface area contributed by atoms with Crippen LogP contribution in [0.4, 0.5) is 0 Å². The first-order valence-corrected chi connectivity index (χ1v) is 7.70. The zero-order valence-corrected chi connectivity index (χ0v) is 12.6. The average Bonchev–Trinajstić information content (AvgIpc) is 2.72. The van der Waals surface area contributed by atoms with Crippen LogP contribution >= 0.6 is 34.7 Å². The minimum Gasteiger partial charge on any atom is -0.479 e. The predicted octanol–water partition coefficient (Wildman–Crippen LogP) is 1.59. The predicted molar refractivity (Wildman–Crippen MR) is 76.8 cm³/mol. The van der Waals surface area contributed by atoms with Crippen molar-refractivity contribution in [1.29, 1.82) is 0 Å². The van der Waals surface area contributed by atoms with Gasteiger partial charge in [0.2, 0.25) is 5.91 Å². The Morgan fingerprint density at radius 1 is 1.53 bits per heavy atom. The maximum Gasteiger partial charge on any atom is 0.337 e. The van der Waals surface area contributed by atoms with Crippen LogP contribution in [0.5, 0.6) is 0 Å². The first-order chi connectivity index (χ1) is 8.81. The summed E-state index contributed by atoms with van der Waals surface area (Å²) in [5, 5.41) is 20.5. The third kappa shape index (κ3) is 5.82. The van der Waals surface area contributed by atoms with E-state index >= 15 is 0 Å². The Bertz CT molecular complexity index is 461. The van der Waals surface area contributed by atoms with Crippen molar-refractivity contribution in [3.05, 3.63) is 21.3 Å². The Labute approximate surface area is 124 Å². The van der Waals surface area contributed by atoms with Crippen LogP contribution in [0.15, 0.2) is 12.1 Å². The van der Waals surface area contributed by atoms with E-state index in [1.54, 1.807) is 6.07 Å². The van der Waals surface area contributed by atoms with Gasteiger partial charge in [0.15, 0.2) is 5.60 Å². The molecule has 106 valence electrons. The second-order valence-corrected chi connectivity index (χ2v) is 6.84. The third-order valence-electron chi connectivity index (χ3n) is 2.20. The molecule has 0 radical (unpaired) electrons. The standard InChI is InChI=1S/C11H14ClNO4S2/c1-11(17,10(15)16)6-13-9(14)5-18-4-7-2-3-8(12)19-7/h2-3,17H,4-6H2,1H3,(H,13,14)(H,15,16). The number of carboxylic acid groups (broad SMARTS) is 1. The molecule has 1 aromatic heterocycles. The maximum atomic E-state index is 11.4. The molecule has 0 fully saturated rings. The lowest BCUT2D eigenvalue weighted by atomic mass is 10.1. The molecule has 0 aliphatic rings. The molecule has 0 saturated carbocycles. The molecule has 0 aromatic carbocycles. The van der Waals surface area contributed by atoms with Crippen LogP contribution < -0.4 is 5.32 Å². The second kappa shape index (κ2) is 7.14. The van der Waals surface area contributed by atoms with Crippen molar-refractivity contribution in [2.24, 2.45) is 0 Å². The molecule has 8 heteroatoms. The van der Waals surface area contributed by atoms with E-state index in [-0.39, 0.29) is 18.2 Å². The molecule has 0 aliphatic heterocycles. The van der Waals surface area contributed by atoms with E-state index in [2.05, 4.69) is 5.32 Å². The summed E-state index contributed by atoms with van der Waals surface area (Å²) in [4.78, 5) is 23.1. The number of amides is 1. The van der Waals surface area contributed by atoms with Crippen LogP contribution in [0.2, 0.25) is 4.34 Å². The third-order valence-corrected chi connectivity index (χ3v) is 4.59. The number of aliphatic hydroxyl groups is 1. The number of halogens is 1. The number of thioether (sulfide) groups is 1. The van der Waals surface area contributed by atoms with Gasteiger partial charge in [0.05, 0.1) is 16.6 Å². The van der Waals surface area contributed by atoms with Crippen molar-refractivity contribution in [3.8, 4) is 0 Å². The maximum absolute atomic E-state index is 11.4. The van der Waals surface area contributed by atoms with Gasteiger partial charge in [-0.25, -0.2) is 4.79 Å². The molecule has 1 heterocycles. The molecule has 0 aliphatic carbocycles. The minimum absolute atomic E-state index is 0.200. The average molecular weight is 324 g/mol. The normalized spacial score (nSPS) is 13.8. The lowest BCUT2D eigenvalue weighted by Gasteiger charge is -2.18. The molecule has 1 atom stereocenters. The van der Waals surface area contributed by atoms with Crippen LogP contribution in [0.1, 0.15) is 11.8 Å². The molecule has 1 rings (SSSR count). The van der Waals surface area contributed by atoms with Crippen molar-refractivity contribution in [2.45, 2.75) is 18.3 Å². The zero-order chi connectivity index (χ0) is 14.5. The number of nitrogens with one attached hydrogen (secondary N) is 1. The number of hydrogen-bond donors (Lipinski definition) is 3. The summed E-state index contributed by atoms with van der Waals surface area (Å²) < 4.78 is 0.706. The molecule has 0 bridgehead atoms. The summed E-state index contributed by atoms with van der Waals surface area (Å²) >= 11 is 8.63. The summed E-state index contributed by atoms with van der Waals surface area (Å²) in [6, 6.07) is 3.69. The number of thiophene rings is 1. The number of carbonyl (C=O) groups is 2. The molecular weight excluding hydrogens is 310 g/mol. The van der Waals surface area contributed by atoms with Gasteiger partial charge in [0, 0.05) is 10.6 Å². The number of carboxylic acids is 1. The fourth-order valence-corrected chi connectivity index (χ4v) is 3.13. The van der Waals surface area contributed by atoms with E-state index in [0.29, 0.717) is 10.1 Å². The van der Waals surface area contributed by atoms with E-state index < -0.39 is 11.6 Å². The van der Waals surface area contributed by atoms with E-state index in [4.69, 9.17) is 16.7 Å². The largest absolute Gasteiger partial charge is 0.479 e. The van der Waals surface area contributed by atoms with Crippen LogP contribution in [0.3, 0.4) is 0 Å². The van der Waals surface area contributed by atoms with Crippen LogP contribution in [-0.4, -0.2) is 40.0 Å². The highest BCUT2D eigenvalue weighted by Crippen LogP contribution is 2.24. The van der Waals surface area contributed by atoms with Crippen molar-refractivity contribution in [3.63, 3.8) is 0 Å². The number of hydrogen-bond acceptors (Lipinski definition) is 5. The summed E-state index contributed by atoms with van der Waals surface area (Å²) in [5.41, 5.74) is -1.94. The lowest BCUT2D eigenvalue weighted by molar-refractivity contribution is -0.156. The Hall–Kier alpha value is -0.760. The molecule has 1 aromatic rings. The van der Waals surface area contributed by atoms with Crippen molar-refractivity contribution >= 4 is 46.6 Å². The molecule has 1 amide bonds. The van der Waals surface area contributed by atoms with Gasteiger partial charge in [-0.2, -0.15) is 0 Å². The fourth-order valence-electron chi connectivity index (χ4n) is 1.07. The number of aliphatic carboxylic acids is 1. The molecule has 1 unspecified atom stereocenters. The van der Waals surface area contributed by atoms with Gasteiger partial charge in [0.25, 0.3) is 0 Å². The van der Waals surface area contributed by atoms with E-state index in [1.165, 1.54) is 23.1 Å². The SMILES string of the molecule is CC(O)(CNC(=O)CSCc1ccc(Cl)s1)C(=O)O. The highest BCUT2D eigenvalue weighted by atomic mass is 35.5. The Morgan fingerprint density at radius 2 is 2.21 bits per heavy atom. The van der Waals surface area contributed by atoms with Gasteiger partial charge in [-0.3, -0.25) is 4.79 Å². The Balaban J connectivity index is 2.23. The van der Waals surface area contributed by atoms with Crippen molar-refractivity contribution in [1.82, 2.24) is 5.32 Å². The lowest BCUT2D eigenvalue weighted by Crippen LogP contribution is -2.46. The molecule has 0 saturated heterocycles. The summed E-state index contributed by atoms with van der Waals surface area (Å²) in [5.74, 6) is -0.811. The van der Waals surface area contributed by atoms with Crippen LogP contribution in [-0.2, 0) is 15.3 Å². The second-order valence-electron chi connectivity index (χ2n) is 4.05. The summed E-state index contributed by atoms with van der Waals surface area (Å²) in [7, 11) is 0. The molecule has 19 heavy (non-hydrogen) atoms. The van der Waals surface area contributed by atoms with Gasteiger partial charge in [-0.1, -0.05) is 11.6 Å². The van der Waals surface area contributed by atoms with E-state index in [9.17, 15) is 14.7 Å². The molecule has 0 spiro atoms. The van der Waals surface area contributed by atoms with Gasteiger partial charge in [-0.15, -0.1) is 23.1 Å². The molecule has 5 nitrogen and oxygen atoms in total. The first kappa shape index (κ1) is 16.3. The van der Waals surface area contributed by atoms with Gasteiger partial charge in [-0.05, 0) is 19.1 Å². The van der Waals surface area contributed by atoms with E-state index in [0.717, 1.165) is 11.8 Å². The van der Waals surface area contributed by atoms with E-state index in [1.807, 2.05) is 6.07 Å². The van der Waals surface area contributed by atoms with Crippen LogP contribution in [0.25, 0.3) is 0 Å². The Morgan fingerprint density at radius 3 is 2.74 bits per heavy atom. The van der Waals surface area contributed by atoms with Crippen LogP contribution in [0, 0.1) is 0 Å². The molecule has 3 N–H and O–H groups in total. The van der Waals surface area contributed by atoms with Gasteiger partial charge in [0.1, 0.15) is 0 Å². The fraction of sp³-hybridized carbons (Fsp3) is 0.455. The van der Waals surface area contributed by atoms with Gasteiger partial charge < -0.3 is 15.5 Å². The smallest absolute Gasteiger partial charge is 0.337 e. The number of carbonyl (C=O) groups excluding carboxylic acids is 1. The summed E-state index contributed by atoms with van der Waals surface area (Å²) in [6.07, 6.45) is 0.